The molecule has 0 N–H and O–H groups in total. The number of nitrogens with zero attached hydrogens (tertiary/aromatic N) is 1. The molecule has 0 radical (unpaired) electrons. The Labute approximate surface area is 78.8 Å². The lowest BCUT2D eigenvalue weighted by molar-refractivity contribution is 0.498. The Morgan fingerprint density at radius 2 is 2.15 bits per heavy atom. The molecule has 1 aromatic rings. The predicted octanol–water partition coefficient (Wildman–Crippen LogP) is 2.89. The monoisotopic (exact) mass is 175 g/mol. The summed E-state index contributed by atoms with van der Waals surface area (Å²) in [5, 5.41) is 8.40. The van der Waals surface area contributed by atoms with Gasteiger partial charge in [0.25, 0.3) is 6.26 Å². The van der Waals surface area contributed by atoms with Gasteiger partial charge in [-0.25, -0.2) is 0 Å². The largest absolute Gasteiger partial charge is 0.388 e. The van der Waals surface area contributed by atoms with Gasteiger partial charge >= 0.3 is 0 Å². The minimum Gasteiger partial charge on any atom is -0.388 e. The molecular weight excluding hydrogens is 162 g/mol. The van der Waals surface area contributed by atoms with Gasteiger partial charge in [-0.05, 0) is 24.5 Å². The average molecular weight is 175 g/mol. The minimum atomic E-state index is 0.693. The van der Waals surface area contributed by atoms with E-state index in [0.717, 1.165) is 24.8 Å². The van der Waals surface area contributed by atoms with Gasteiger partial charge in [-0.3, -0.25) is 0 Å². The number of unbranched alkanes of at least 4 members (excludes halogenated alkanes) is 1. The number of nitriles is 1. The van der Waals surface area contributed by atoms with Crippen LogP contribution in [0.2, 0.25) is 0 Å². The van der Waals surface area contributed by atoms with Gasteiger partial charge in [0.1, 0.15) is 5.75 Å². The van der Waals surface area contributed by atoms with Crippen LogP contribution in [0.5, 0.6) is 5.75 Å². The van der Waals surface area contributed by atoms with Gasteiger partial charge in [-0.15, -0.1) is 5.26 Å². The average Bonchev–Trinajstić information content (AvgIpc) is 2.17. The molecule has 2 heteroatoms. The molecule has 13 heavy (non-hydrogen) atoms. The molecule has 0 spiro atoms. The zero-order chi connectivity index (χ0) is 9.52. The summed E-state index contributed by atoms with van der Waals surface area (Å²) in [6.45, 7) is 2.15. The smallest absolute Gasteiger partial charge is 0.292 e. The second-order valence-electron chi connectivity index (χ2n) is 2.90. The molecule has 0 unspecified atom stereocenters. The Balaban J connectivity index is 2.73. The third kappa shape index (κ3) is 2.79. The number of rotatable bonds is 4. The molecule has 0 amide bonds. The number of benzene rings is 1. The van der Waals surface area contributed by atoms with Crippen LogP contribution in [0.15, 0.2) is 24.3 Å². The lowest BCUT2D eigenvalue weighted by atomic mass is 10.1. The molecule has 1 rings (SSSR count). The summed E-state index contributed by atoms with van der Waals surface area (Å²) in [7, 11) is 0. The van der Waals surface area contributed by atoms with Crippen LogP contribution >= 0.6 is 0 Å². The number of hydrogen-bond acceptors (Lipinski definition) is 2. The van der Waals surface area contributed by atoms with Gasteiger partial charge in [-0.2, -0.15) is 0 Å². The molecule has 0 aliphatic rings. The van der Waals surface area contributed by atoms with Crippen molar-refractivity contribution in [1.29, 1.82) is 5.26 Å². The molecule has 0 saturated heterocycles. The first-order chi connectivity index (χ1) is 6.38. The quantitative estimate of drug-likeness (QED) is 0.659. The second-order valence-corrected chi connectivity index (χ2v) is 2.90. The van der Waals surface area contributed by atoms with E-state index in [2.05, 4.69) is 6.92 Å². The number of hydrogen-bond donors (Lipinski definition) is 0. The van der Waals surface area contributed by atoms with Crippen LogP contribution in [0, 0.1) is 11.5 Å². The highest BCUT2D eigenvalue weighted by molar-refractivity contribution is 5.34. The molecule has 1 aromatic carbocycles. The molecule has 0 heterocycles. The van der Waals surface area contributed by atoms with Crippen molar-refractivity contribution in [3.63, 3.8) is 0 Å². The molecule has 0 aliphatic heterocycles. The molecule has 0 fully saturated rings. The van der Waals surface area contributed by atoms with Crippen LogP contribution in [0.1, 0.15) is 25.3 Å². The normalized spacial score (nSPS) is 9.23. The van der Waals surface area contributed by atoms with Gasteiger partial charge in [0.05, 0.1) is 0 Å². The second kappa shape index (κ2) is 5.21. The van der Waals surface area contributed by atoms with E-state index in [0.29, 0.717) is 5.75 Å². The molecule has 0 aliphatic carbocycles. The van der Waals surface area contributed by atoms with E-state index in [-0.39, 0.29) is 0 Å². The lowest BCUT2D eigenvalue weighted by Crippen LogP contribution is -1.90. The summed E-state index contributed by atoms with van der Waals surface area (Å²) >= 11 is 0. The molecule has 0 aromatic heterocycles. The van der Waals surface area contributed by atoms with Crippen molar-refractivity contribution >= 4 is 0 Å². The fraction of sp³-hybridized carbons (Fsp3) is 0.364. The SMILES string of the molecule is CCCCc1ccccc1OC#N. The minimum absolute atomic E-state index is 0.693. The third-order valence-electron chi connectivity index (χ3n) is 1.93. The summed E-state index contributed by atoms with van der Waals surface area (Å²) in [6.07, 6.45) is 4.97. The fourth-order valence-corrected chi connectivity index (χ4v) is 1.23. The first-order valence-electron chi connectivity index (χ1n) is 4.52. The standard InChI is InChI=1S/C11H13NO/c1-2-3-6-10-7-4-5-8-11(10)13-9-12/h4-5,7-8H,2-3,6H2,1H3. The van der Waals surface area contributed by atoms with Crippen molar-refractivity contribution in [2.24, 2.45) is 0 Å². The van der Waals surface area contributed by atoms with Crippen LogP contribution in [-0.4, -0.2) is 0 Å². The van der Waals surface area contributed by atoms with Crippen molar-refractivity contribution in [2.75, 3.05) is 0 Å². The van der Waals surface area contributed by atoms with E-state index in [1.807, 2.05) is 24.3 Å². The maximum absolute atomic E-state index is 8.40. The topological polar surface area (TPSA) is 33.0 Å². The summed E-state index contributed by atoms with van der Waals surface area (Å²) in [5.41, 5.74) is 1.12. The van der Waals surface area contributed by atoms with Gasteiger partial charge < -0.3 is 4.74 Å². The first-order valence-corrected chi connectivity index (χ1v) is 4.52. The lowest BCUT2D eigenvalue weighted by Gasteiger charge is -2.04. The van der Waals surface area contributed by atoms with Gasteiger partial charge in [0, 0.05) is 0 Å². The molecule has 2 nitrogen and oxygen atoms in total. The van der Waals surface area contributed by atoms with Crippen molar-refractivity contribution in [3.8, 4) is 12.0 Å². The zero-order valence-electron chi connectivity index (χ0n) is 7.79. The van der Waals surface area contributed by atoms with E-state index in [4.69, 9.17) is 10.00 Å². The number of ether oxygens (including phenoxy) is 1. The molecule has 0 bridgehead atoms. The van der Waals surface area contributed by atoms with Gasteiger partial charge in [-0.1, -0.05) is 31.5 Å². The highest BCUT2D eigenvalue weighted by atomic mass is 16.5. The Bertz CT molecular complexity index is 301. The number of aryl methyl sites for hydroxylation is 1. The summed E-state index contributed by atoms with van der Waals surface area (Å²) in [6, 6.07) is 7.67. The summed E-state index contributed by atoms with van der Waals surface area (Å²) in [5.74, 6) is 0.693. The predicted molar refractivity (Wildman–Crippen MR) is 51.3 cm³/mol. The van der Waals surface area contributed by atoms with E-state index >= 15 is 0 Å². The van der Waals surface area contributed by atoms with Gasteiger partial charge in [0.15, 0.2) is 0 Å². The summed E-state index contributed by atoms with van der Waals surface area (Å²) in [4.78, 5) is 0. The van der Waals surface area contributed by atoms with Crippen molar-refractivity contribution in [2.45, 2.75) is 26.2 Å². The maximum Gasteiger partial charge on any atom is 0.292 e. The molecule has 0 atom stereocenters. The maximum atomic E-state index is 8.40. The van der Waals surface area contributed by atoms with E-state index in [1.54, 1.807) is 6.26 Å². The molecule has 0 saturated carbocycles. The van der Waals surface area contributed by atoms with Crippen LogP contribution in [0.3, 0.4) is 0 Å². The van der Waals surface area contributed by atoms with Crippen LogP contribution in [0.4, 0.5) is 0 Å². The van der Waals surface area contributed by atoms with Gasteiger partial charge in [0.2, 0.25) is 0 Å². The van der Waals surface area contributed by atoms with Crippen molar-refractivity contribution in [3.05, 3.63) is 29.8 Å². The van der Waals surface area contributed by atoms with E-state index in [1.165, 1.54) is 0 Å². The first kappa shape index (κ1) is 9.60. The summed E-state index contributed by atoms with van der Waals surface area (Å²) < 4.78 is 4.84. The third-order valence-corrected chi connectivity index (χ3v) is 1.93. The molecular formula is C11H13NO. The Kier molecular flexibility index (Phi) is 3.84. The zero-order valence-corrected chi connectivity index (χ0v) is 7.79. The Morgan fingerprint density at radius 3 is 2.85 bits per heavy atom. The molecule has 68 valence electrons. The van der Waals surface area contributed by atoms with Crippen LogP contribution < -0.4 is 4.74 Å². The van der Waals surface area contributed by atoms with E-state index < -0.39 is 0 Å². The van der Waals surface area contributed by atoms with Crippen LogP contribution in [-0.2, 0) is 6.42 Å². The highest BCUT2D eigenvalue weighted by Crippen LogP contribution is 2.19. The highest BCUT2D eigenvalue weighted by Gasteiger charge is 2.01. The Hall–Kier alpha value is -1.49. The Morgan fingerprint density at radius 1 is 1.38 bits per heavy atom. The van der Waals surface area contributed by atoms with Crippen molar-refractivity contribution in [1.82, 2.24) is 0 Å². The van der Waals surface area contributed by atoms with Crippen LogP contribution in [0.25, 0.3) is 0 Å². The van der Waals surface area contributed by atoms with Crippen molar-refractivity contribution < 1.29 is 4.74 Å². The van der Waals surface area contributed by atoms with E-state index in [9.17, 15) is 0 Å². The number of para-hydroxylation sites is 1. The fourth-order valence-electron chi connectivity index (χ4n) is 1.23.